The van der Waals surface area contributed by atoms with Gasteiger partial charge >= 0.3 is 0 Å². The molecule has 0 saturated carbocycles. The average molecular weight is 329 g/mol. The maximum absolute atomic E-state index is 12.0. The van der Waals surface area contributed by atoms with E-state index < -0.39 is 0 Å². The number of H-pyrrole nitrogens is 1. The third-order valence-corrected chi connectivity index (χ3v) is 4.28. The number of nitrogens with zero attached hydrogens (tertiary/aromatic N) is 3. The number of benzene rings is 1. The van der Waals surface area contributed by atoms with Gasteiger partial charge in [-0.05, 0) is 25.1 Å². The van der Waals surface area contributed by atoms with Gasteiger partial charge in [0.2, 0.25) is 5.91 Å². The fourth-order valence-electron chi connectivity index (χ4n) is 2.37. The first-order valence-corrected chi connectivity index (χ1v) is 8.64. The smallest absolute Gasteiger partial charge is 0.230 e. The summed E-state index contributed by atoms with van der Waals surface area (Å²) in [6.45, 7) is 2.65. The minimum Gasteiger partial charge on any atom is -0.351 e. The Labute approximate surface area is 138 Å². The fraction of sp³-hybridized carbons (Fsp3) is 0.312. The summed E-state index contributed by atoms with van der Waals surface area (Å²) in [5, 5.41) is 7.11. The van der Waals surface area contributed by atoms with Crippen LogP contribution < -0.4 is 5.32 Å². The van der Waals surface area contributed by atoms with Gasteiger partial charge in [-0.15, -0.1) is 11.8 Å². The quantitative estimate of drug-likeness (QED) is 0.697. The molecular weight excluding hydrogens is 310 g/mol. The van der Waals surface area contributed by atoms with Crippen LogP contribution in [0.4, 0.5) is 0 Å². The predicted molar refractivity (Wildman–Crippen MR) is 92.1 cm³/mol. The number of fused-ring (bicyclic) bond motifs is 1. The second kappa shape index (κ2) is 7.32. The summed E-state index contributed by atoms with van der Waals surface area (Å²) in [5.74, 6) is 2.04. The first-order valence-electron chi connectivity index (χ1n) is 7.49. The Morgan fingerprint density at radius 1 is 1.39 bits per heavy atom. The molecule has 120 valence electrons. The summed E-state index contributed by atoms with van der Waals surface area (Å²) in [6, 6.07) is 9.84. The van der Waals surface area contributed by atoms with Crippen molar-refractivity contribution in [2.75, 3.05) is 5.75 Å². The van der Waals surface area contributed by atoms with Crippen molar-refractivity contribution in [3.05, 3.63) is 48.5 Å². The lowest BCUT2D eigenvalue weighted by molar-refractivity contribution is -0.119. The summed E-state index contributed by atoms with van der Waals surface area (Å²) in [5.41, 5.74) is 1.99. The van der Waals surface area contributed by atoms with Crippen LogP contribution in [0.5, 0.6) is 0 Å². The molecule has 0 bridgehead atoms. The Bertz CT molecular complexity index is 735. The van der Waals surface area contributed by atoms with Crippen molar-refractivity contribution in [1.29, 1.82) is 0 Å². The molecule has 0 unspecified atom stereocenters. The number of amides is 1. The van der Waals surface area contributed by atoms with Crippen molar-refractivity contribution in [3.8, 4) is 0 Å². The van der Waals surface area contributed by atoms with Gasteiger partial charge in [-0.2, -0.15) is 5.10 Å². The largest absolute Gasteiger partial charge is 0.351 e. The van der Waals surface area contributed by atoms with Gasteiger partial charge in [0.15, 0.2) is 0 Å². The van der Waals surface area contributed by atoms with Gasteiger partial charge in [-0.25, -0.2) is 4.98 Å². The zero-order chi connectivity index (χ0) is 16.1. The first kappa shape index (κ1) is 15.6. The molecule has 0 spiro atoms. The SMILES string of the molecule is C[C@@H](Cn1cccn1)NC(=O)CSCc1nc2ccccc2[nH]1. The van der Waals surface area contributed by atoms with E-state index in [1.807, 2.05) is 48.1 Å². The van der Waals surface area contributed by atoms with Crippen LogP contribution in [0.1, 0.15) is 12.7 Å². The molecule has 6 nitrogen and oxygen atoms in total. The van der Waals surface area contributed by atoms with Crippen LogP contribution in [0.3, 0.4) is 0 Å². The van der Waals surface area contributed by atoms with Gasteiger partial charge in [-0.1, -0.05) is 12.1 Å². The Morgan fingerprint density at radius 2 is 2.26 bits per heavy atom. The van der Waals surface area contributed by atoms with Gasteiger partial charge < -0.3 is 10.3 Å². The zero-order valence-electron chi connectivity index (χ0n) is 12.9. The molecule has 0 aliphatic heterocycles. The van der Waals surface area contributed by atoms with Crippen LogP contribution in [0.15, 0.2) is 42.7 Å². The lowest BCUT2D eigenvalue weighted by Crippen LogP contribution is -2.36. The van der Waals surface area contributed by atoms with Crippen LogP contribution >= 0.6 is 11.8 Å². The highest BCUT2D eigenvalue weighted by Crippen LogP contribution is 2.14. The number of carbonyl (C=O) groups excluding carboxylic acids is 1. The minimum atomic E-state index is 0.0331. The van der Waals surface area contributed by atoms with Gasteiger partial charge in [0.25, 0.3) is 0 Å². The number of para-hydroxylation sites is 2. The summed E-state index contributed by atoms with van der Waals surface area (Å²) in [7, 11) is 0. The van der Waals surface area contributed by atoms with Crippen molar-refractivity contribution in [2.24, 2.45) is 0 Å². The topological polar surface area (TPSA) is 75.6 Å². The summed E-state index contributed by atoms with van der Waals surface area (Å²) in [4.78, 5) is 19.7. The maximum atomic E-state index is 12.0. The summed E-state index contributed by atoms with van der Waals surface area (Å²) >= 11 is 1.55. The molecule has 1 amide bonds. The van der Waals surface area contributed by atoms with E-state index in [0.717, 1.165) is 16.9 Å². The lowest BCUT2D eigenvalue weighted by atomic mass is 10.3. The molecule has 1 aromatic carbocycles. The number of aromatic amines is 1. The van der Waals surface area contributed by atoms with E-state index in [4.69, 9.17) is 0 Å². The second-order valence-corrected chi connectivity index (χ2v) is 6.38. The monoisotopic (exact) mass is 329 g/mol. The van der Waals surface area contributed by atoms with E-state index in [1.165, 1.54) is 0 Å². The summed E-state index contributed by atoms with van der Waals surface area (Å²) in [6.07, 6.45) is 3.62. The maximum Gasteiger partial charge on any atom is 0.230 e. The lowest BCUT2D eigenvalue weighted by Gasteiger charge is -2.13. The van der Waals surface area contributed by atoms with E-state index in [2.05, 4.69) is 20.4 Å². The number of rotatable bonds is 7. The Morgan fingerprint density at radius 3 is 3.04 bits per heavy atom. The average Bonchev–Trinajstić information content (AvgIpc) is 3.15. The van der Waals surface area contributed by atoms with E-state index >= 15 is 0 Å². The molecule has 0 aliphatic carbocycles. The van der Waals surface area contributed by atoms with Crippen molar-refractivity contribution >= 4 is 28.7 Å². The summed E-state index contributed by atoms with van der Waals surface area (Å²) < 4.78 is 1.81. The van der Waals surface area contributed by atoms with Crippen LogP contribution in [-0.2, 0) is 17.1 Å². The van der Waals surface area contributed by atoms with E-state index in [-0.39, 0.29) is 11.9 Å². The molecule has 2 aromatic heterocycles. The van der Waals surface area contributed by atoms with Crippen molar-refractivity contribution in [2.45, 2.75) is 25.3 Å². The van der Waals surface area contributed by atoms with Gasteiger partial charge in [-0.3, -0.25) is 9.48 Å². The third-order valence-electron chi connectivity index (χ3n) is 3.34. The number of hydrogen-bond acceptors (Lipinski definition) is 4. The van der Waals surface area contributed by atoms with Crippen molar-refractivity contribution in [1.82, 2.24) is 25.1 Å². The number of thioether (sulfide) groups is 1. The predicted octanol–water partition coefficient (Wildman–Crippen LogP) is 2.20. The van der Waals surface area contributed by atoms with Crippen LogP contribution in [0.2, 0.25) is 0 Å². The molecule has 2 heterocycles. The fourth-order valence-corrected chi connectivity index (χ4v) is 3.07. The number of hydrogen-bond donors (Lipinski definition) is 2. The van der Waals surface area contributed by atoms with Crippen LogP contribution in [0, 0.1) is 0 Å². The molecule has 23 heavy (non-hydrogen) atoms. The molecule has 0 fully saturated rings. The number of nitrogens with one attached hydrogen (secondary N) is 2. The first-order chi connectivity index (χ1) is 11.2. The minimum absolute atomic E-state index is 0.0331. The number of imidazole rings is 1. The highest BCUT2D eigenvalue weighted by atomic mass is 32.2. The van der Waals surface area contributed by atoms with E-state index in [9.17, 15) is 4.79 Å². The molecular formula is C16H19N5OS. The van der Waals surface area contributed by atoms with Crippen LogP contribution in [-0.4, -0.2) is 37.5 Å². The molecule has 1 atom stereocenters. The van der Waals surface area contributed by atoms with Crippen LogP contribution in [0.25, 0.3) is 11.0 Å². The molecule has 3 aromatic rings. The molecule has 0 saturated heterocycles. The van der Waals surface area contributed by atoms with Gasteiger partial charge in [0.1, 0.15) is 5.82 Å². The van der Waals surface area contributed by atoms with Gasteiger partial charge in [0.05, 0.1) is 29.1 Å². The van der Waals surface area contributed by atoms with E-state index in [0.29, 0.717) is 18.1 Å². The zero-order valence-corrected chi connectivity index (χ0v) is 13.7. The molecule has 0 aliphatic rings. The van der Waals surface area contributed by atoms with E-state index in [1.54, 1.807) is 18.0 Å². The standard InChI is InChI=1S/C16H19N5OS/c1-12(9-21-8-4-7-17-21)18-16(22)11-23-10-15-19-13-5-2-3-6-14(13)20-15/h2-8,12H,9-11H2,1H3,(H,18,22)(H,19,20)/t12-/m0/s1. The molecule has 2 N–H and O–H groups in total. The number of aromatic nitrogens is 4. The second-order valence-electron chi connectivity index (χ2n) is 5.39. The molecule has 3 rings (SSSR count). The Balaban J connectivity index is 1.42. The Hall–Kier alpha value is -2.28. The molecule has 0 radical (unpaired) electrons. The third kappa shape index (κ3) is 4.35. The highest BCUT2D eigenvalue weighted by molar-refractivity contribution is 7.99. The highest BCUT2D eigenvalue weighted by Gasteiger charge is 2.09. The normalized spacial score (nSPS) is 12.4. The number of carbonyl (C=O) groups is 1. The Kier molecular flexibility index (Phi) is 4.97. The van der Waals surface area contributed by atoms with Crippen molar-refractivity contribution < 1.29 is 4.79 Å². The van der Waals surface area contributed by atoms with Gasteiger partial charge in [0, 0.05) is 18.4 Å². The molecule has 7 heteroatoms. The van der Waals surface area contributed by atoms with Crippen molar-refractivity contribution in [3.63, 3.8) is 0 Å².